The van der Waals surface area contributed by atoms with Gasteiger partial charge in [-0.2, -0.15) is 0 Å². The van der Waals surface area contributed by atoms with Gasteiger partial charge in [-0.15, -0.1) is 11.8 Å². The number of benzene rings is 1. The molecule has 1 aromatic heterocycles. The van der Waals surface area contributed by atoms with Crippen molar-refractivity contribution in [1.82, 2.24) is 9.97 Å². The summed E-state index contributed by atoms with van der Waals surface area (Å²) >= 11 is 5.03. The number of aromatic amines is 1. The Kier molecular flexibility index (Phi) is 4.88. The van der Waals surface area contributed by atoms with Gasteiger partial charge in [0.2, 0.25) is 0 Å². The Morgan fingerprint density at radius 1 is 1.45 bits per heavy atom. The number of aromatic nitrogens is 2. The lowest BCUT2D eigenvalue weighted by molar-refractivity contribution is 0.824. The van der Waals surface area contributed by atoms with E-state index in [0.29, 0.717) is 23.0 Å². The summed E-state index contributed by atoms with van der Waals surface area (Å²) in [6.07, 6.45) is 0. The molecule has 20 heavy (non-hydrogen) atoms. The number of anilines is 1. The molecular formula is C14H16BrN3OS. The number of nitrogens with two attached hydrogens (primary N) is 1. The highest BCUT2D eigenvalue weighted by atomic mass is 79.9. The molecule has 4 nitrogen and oxygen atoms in total. The van der Waals surface area contributed by atoms with Gasteiger partial charge in [-0.05, 0) is 24.1 Å². The third kappa shape index (κ3) is 3.64. The number of hydrogen-bond acceptors (Lipinski definition) is 4. The summed E-state index contributed by atoms with van der Waals surface area (Å²) in [5.41, 5.74) is 6.28. The molecule has 2 rings (SSSR count). The van der Waals surface area contributed by atoms with Crippen LogP contribution in [0.5, 0.6) is 0 Å². The first kappa shape index (κ1) is 15.1. The largest absolute Gasteiger partial charge is 0.383 e. The van der Waals surface area contributed by atoms with Crippen molar-refractivity contribution in [2.75, 3.05) is 5.73 Å². The van der Waals surface area contributed by atoms with Crippen LogP contribution >= 0.6 is 27.7 Å². The molecule has 106 valence electrons. The molecule has 0 amide bonds. The van der Waals surface area contributed by atoms with Crippen LogP contribution in [-0.2, 0) is 5.75 Å². The molecule has 0 unspecified atom stereocenters. The van der Waals surface area contributed by atoms with Crippen molar-refractivity contribution in [3.8, 4) is 0 Å². The summed E-state index contributed by atoms with van der Waals surface area (Å²) in [6, 6.07) is 7.98. The normalized spacial score (nSPS) is 11.0. The van der Waals surface area contributed by atoms with Crippen LogP contribution in [0.1, 0.15) is 31.2 Å². The zero-order valence-corrected chi connectivity index (χ0v) is 13.7. The van der Waals surface area contributed by atoms with E-state index in [-0.39, 0.29) is 11.5 Å². The Morgan fingerprint density at radius 2 is 2.20 bits per heavy atom. The lowest BCUT2D eigenvalue weighted by Crippen LogP contribution is -2.20. The molecular weight excluding hydrogens is 338 g/mol. The molecule has 0 fully saturated rings. The van der Waals surface area contributed by atoms with E-state index in [0.717, 1.165) is 9.37 Å². The number of hydrogen-bond donors (Lipinski definition) is 2. The minimum atomic E-state index is -0.141. The molecule has 6 heteroatoms. The fraction of sp³-hybridized carbons (Fsp3) is 0.286. The molecule has 0 aliphatic heterocycles. The molecule has 0 bridgehead atoms. The van der Waals surface area contributed by atoms with E-state index >= 15 is 0 Å². The maximum Gasteiger partial charge on any atom is 0.256 e. The molecule has 0 radical (unpaired) electrons. The maximum atomic E-state index is 12.0. The maximum absolute atomic E-state index is 12.0. The lowest BCUT2D eigenvalue weighted by Gasteiger charge is -2.09. The first-order valence-corrected chi connectivity index (χ1v) is 8.02. The molecule has 3 N–H and O–H groups in total. The second-order valence-electron chi connectivity index (χ2n) is 4.71. The van der Waals surface area contributed by atoms with Crippen LogP contribution in [0.15, 0.2) is 38.4 Å². The van der Waals surface area contributed by atoms with Crippen molar-refractivity contribution in [3.05, 3.63) is 50.5 Å². The summed E-state index contributed by atoms with van der Waals surface area (Å²) in [4.78, 5) is 20.2. The van der Waals surface area contributed by atoms with E-state index in [1.54, 1.807) is 11.8 Å². The van der Waals surface area contributed by atoms with Gasteiger partial charge in [0.25, 0.3) is 5.56 Å². The van der Waals surface area contributed by atoms with E-state index in [1.165, 1.54) is 0 Å². The molecule has 0 spiro atoms. The van der Waals surface area contributed by atoms with Crippen molar-refractivity contribution < 1.29 is 0 Å². The third-order valence-electron chi connectivity index (χ3n) is 2.78. The number of nitrogens with one attached hydrogen (secondary N) is 1. The van der Waals surface area contributed by atoms with E-state index in [2.05, 4.69) is 25.9 Å². The predicted molar refractivity (Wildman–Crippen MR) is 87.1 cm³/mol. The second kappa shape index (κ2) is 6.45. The number of rotatable bonds is 4. The van der Waals surface area contributed by atoms with Crippen molar-refractivity contribution in [1.29, 1.82) is 0 Å². The van der Waals surface area contributed by atoms with Crippen molar-refractivity contribution in [2.45, 2.75) is 30.4 Å². The summed E-state index contributed by atoms with van der Waals surface area (Å²) in [5.74, 6) is 1.57. The number of nitrogens with zero attached hydrogens (tertiary/aromatic N) is 1. The predicted octanol–water partition coefficient (Wildman–Crippen LogP) is 3.53. The zero-order valence-electron chi connectivity index (χ0n) is 11.3. The van der Waals surface area contributed by atoms with Crippen LogP contribution in [0.2, 0.25) is 0 Å². The quantitative estimate of drug-likeness (QED) is 0.824. The van der Waals surface area contributed by atoms with E-state index in [4.69, 9.17) is 5.73 Å². The Balaban J connectivity index is 2.17. The average molecular weight is 354 g/mol. The molecule has 0 aliphatic rings. The lowest BCUT2D eigenvalue weighted by atomic mass is 10.1. The van der Waals surface area contributed by atoms with Gasteiger partial charge in [-0.1, -0.05) is 35.8 Å². The Bertz CT molecular complexity index is 670. The number of halogens is 1. The molecule has 0 aliphatic carbocycles. The Morgan fingerprint density at radius 3 is 2.80 bits per heavy atom. The van der Waals surface area contributed by atoms with Crippen LogP contribution in [0.25, 0.3) is 0 Å². The molecule has 2 aromatic rings. The van der Waals surface area contributed by atoms with Crippen LogP contribution < -0.4 is 11.3 Å². The van der Waals surface area contributed by atoms with Gasteiger partial charge in [0.05, 0.1) is 11.3 Å². The van der Waals surface area contributed by atoms with Gasteiger partial charge < -0.3 is 10.7 Å². The number of H-pyrrole nitrogens is 1. The second-order valence-corrected chi connectivity index (χ2v) is 6.68. The van der Waals surface area contributed by atoms with Crippen molar-refractivity contribution in [3.63, 3.8) is 0 Å². The highest BCUT2D eigenvalue weighted by Gasteiger charge is 2.12. The van der Waals surface area contributed by atoms with Gasteiger partial charge in [0.15, 0.2) is 0 Å². The highest BCUT2D eigenvalue weighted by Crippen LogP contribution is 2.24. The summed E-state index contributed by atoms with van der Waals surface area (Å²) in [5, 5.41) is 0. The van der Waals surface area contributed by atoms with Gasteiger partial charge in [-0.25, -0.2) is 4.98 Å². The van der Waals surface area contributed by atoms with Gasteiger partial charge >= 0.3 is 0 Å². The molecule has 0 saturated heterocycles. The Labute approximate surface area is 130 Å². The molecule has 1 aromatic carbocycles. The topological polar surface area (TPSA) is 71.8 Å². The molecule has 0 atom stereocenters. The molecule has 0 saturated carbocycles. The summed E-state index contributed by atoms with van der Waals surface area (Å²) in [7, 11) is 0. The SMILES string of the molecule is CC(C)c1c(N)nc(CSc2cccc(Br)c2)[nH]c1=O. The van der Waals surface area contributed by atoms with E-state index in [1.807, 2.05) is 38.1 Å². The van der Waals surface area contributed by atoms with Crippen molar-refractivity contribution >= 4 is 33.5 Å². The van der Waals surface area contributed by atoms with Crippen LogP contribution in [0, 0.1) is 0 Å². The van der Waals surface area contributed by atoms with Crippen LogP contribution in [-0.4, -0.2) is 9.97 Å². The van der Waals surface area contributed by atoms with Gasteiger partial charge in [0.1, 0.15) is 11.6 Å². The minimum Gasteiger partial charge on any atom is -0.383 e. The fourth-order valence-electron chi connectivity index (χ4n) is 1.88. The smallest absolute Gasteiger partial charge is 0.256 e. The minimum absolute atomic E-state index is 0.0676. The van der Waals surface area contributed by atoms with Crippen molar-refractivity contribution in [2.24, 2.45) is 0 Å². The van der Waals surface area contributed by atoms with E-state index < -0.39 is 0 Å². The monoisotopic (exact) mass is 353 g/mol. The van der Waals surface area contributed by atoms with Gasteiger partial charge in [0, 0.05) is 9.37 Å². The zero-order chi connectivity index (χ0) is 14.7. The standard InChI is InChI=1S/C14H16BrN3OS/c1-8(2)12-13(16)17-11(18-14(12)19)7-20-10-5-3-4-9(15)6-10/h3-6,8H,7H2,1-2H3,(H3,16,17,18,19). The third-order valence-corrected chi connectivity index (χ3v) is 4.28. The highest BCUT2D eigenvalue weighted by molar-refractivity contribution is 9.10. The van der Waals surface area contributed by atoms with Crippen LogP contribution in [0.3, 0.4) is 0 Å². The Hall–Kier alpha value is -1.27. The fourth-order valence-corrected chi connectivity index (χ4v) is 3.26. The number of thioether (sulfide) groups is 1. The first-order valence-electron chi connectivity index (χ1n) is 6.24. The van der Waals surface area contributed by atoms with Gasteiger partial charge in [-0.3, -0.25) is 4.79 Å². The molecule has 1 heterocycles. The van der Waals surface area contributed by atoms with Crippen LogP contribution in [0.4, 0.5) is 5.82 Å². The number of nitrogen functional groups attached to an aromatic ring is 1. The average Bonchev–Trinajstić information content (AvgIpc) is 2.35. The first-order chi connectivity index (χ1) is 9.47. The van der Waals surface area contributed by atoms with E-state index in [9.17, 15) is 4.79 Å². The summed E-state index contributed by atoms with van der Waals surface area (Å²) < 4.78 is 1.03. The summed E-state index contributed by atoms with van der Waals surface area (Å²) in [6.45, 7) is 3.86.